The lowest BCUT2D eigenvalue weighted by molar-refractivity contribution is -0.119. The summed E-state index contributed by atoms with van der Waals surface area (Å²) in [5, 5.41) is 10.9. The fraction of sp³-hybridized carbons (Fsp3) is 0.0625. The highest BCUT2D eigenvalue weighted by atomic mass is 35.5. The second-order valence-corrected chi connectivity index (χ2v) is 5.00. The highest BCUT2D eigenvalue weighted by Crippen LogP contribution is 2.20. The number of halogens is 2. The number of hydrogen-bond acceptors (Lipinski definition) is 4. The highest BCUT2D eigenvalue weighted by molar-refractivity contribution is 6.30. The molecular weight excluding hydrogens is 323 g/mol. The van der Waals surface area contributed by atoms with Crippen LogP contribution in [0.3, 0.4) is 0 Å². The van der Waals surface area contributed by atoms with E-state index in [0.717, 1.165) is 6.08 Å². The van der Waals surface area contributed by atoms with Crippen LogP contribution in [0, 0.1) is 5.82 Å². The van der Waals surface area contributed by atoms with Gasteiger partial charge in [-0.2, -0.15) is 0 Å². The molecule has 2 rings (SSSR count). The number of amides is 1. The first-order valence-electron chi connectivity index (χ1n) is 6.49. The molecule has 2 N–H and O–H groups in total. The Bertz CT molecular complexity index is 793. The zero-order valence-electron chi connectivity index (χ0n) is 12.0. The SMILES string of the molecule is CC1=C(O)C(=C=O)C=CN1NC(=O)/C=C/c1cccc(Cl)c1F. The molecular formula is C16H12ClFN2O3. The van der Waals surface area contributed by atoms with Crippen molar-refractivity contribution in [1.82, 2.24) is 10.4 Å². The van der Waals surface area contributed by atoms with Crippen LogP contribution in [0.4, 0.5) is 4.39 Å². The number of nitrogens with one attached hydrogen (secondary N) is 1. The Morgan fingerprint density at radius 3 is 2.91 bits per heavy atom. The van der Waals surface area contributed by atoms with E-state index < -0.39 is 11.7 Å². The fourth-order valence-corrected chi connectivity index (χ4v) is 2.00. The van der Waals surface area contributed by atoms with Crippen LogP contribution in [-0.2, 0) is 9.59 Å². The molecule has 0 atom stereocenters. The molecule has 1 aromatic carbocycles. The minimum atomic E-state index is -0.620. The molecule has 0 saturated heterocycles. The van der Waals surface area contributed by atoms with E-state index in [4.69, 9.17) is 11.6 Å². The Balaban J connectivity index is 2.10. The van der Waals surface area contributed by atoms with Crippen molar-refractivity contribution in [2.24, 2.45) is 0 Å². The third-order valence-electron chi connectivity index (χ3n) is 3.09. The Morgan fingerprint density at radius 1 is 1.48 bits per heavy atom. The number of allylic oxidation sites excluding steroid dienone is 2. The summed E-state index contributed by atoms with van der Waals surface area (Å²) in [4.78, 5) is 22.5. The van der Waals surface area contributed by atoms with Crippen molar-refractivity contribution in [3.63, 3.8) is 0 Å². The van der Waals surface area contributed by atoms with E-state index in [1.165, 1.54) is 42.4 Å². The number of carbonyl (C=O) groups is 1. The van der Waals surface area contributed by atoms with Crippen molar-refractivity contribution in [1.29, 1.82) is 0 Å². The standard InChI is InChI=1S/C16H12ClFN2O3/c1-10-16(23)12(9-21)7-8-20(10)19-14(22)6-5-11-3-2-4-13(17)15(11)18/h2-8,23H,1H3,(H,19,22)/b6-5+. The van der Waals surface area contributed by atoms with Crippen LogP contribution < -0.4 is 5.43 Å². The van der Waals surface area contributed by atoms with Crippen molar-refractivity contribution in [2.45, 2.75) is 6.92 Å². The van der Waals surface area contributed by atoms with Gasteiger partial charge >= 0.3 is 0 Å². The lowest BCUT2D eigenvalue weighted by Gasteiger charge is -2.24. The van der Waals surface area contributed by atoms with Gasteiger partial charge in [0.1, 0.15) is 17.3 Å². The fourth-order valence-electron chi connectivity index (χ4n) is 1.82. The Labute approximate surface area is 136 Å². The molecule has 118 valence electrons. The van der Waals surface area contributed by atoms with Gasteiger partial charge in [0, 0.05) is 17.8 Å². The Kier molecular flexibility index (Phi) is 5.01. The maximum Gasteiger partial charge on any atom is 0.262 e. The number of rotatable bonds is 3. The summed E-state index contributed by atoms with van der Waals surface area (Å²) in [7, 11) is 0. The van der Waals surface area contributed by atoms with Gasteiger partial charge in [-0.3, -0.25) is 15.2 Å². The Hall–Kier alpha value is -2.82. The highest BCUT2D eigenvalue weighted by Gasteiger charge is 2.17. The molecule has 0 aliphatic carbocycles. The molecule has 1 aliphatic rings. The second-order valence-electron chi connectivity index (χ2n) is 4.59. The van der Waals surface area contributed by atoms with Gasteiger partial charge in [-0.05, 0) is 25.1 Å². The van der Waals surface area contributed by atoms with E-state index in [1.54, 1.807) is 12.0 Å². The molecule has 7 heteroatoms. The van der Waals surface area contributed by atoms with E-state index in [1.807, 2.05) is 0 Å². The quantitative estimate of drug-likeness (QED) is 0.658. The summed E-state index contributed by atoms with van der Waals surface area (Å²) >= 11 is 5.65. The molecule has 1 amide bonds. The number of hydrazine groups is 1. The normalized spacial score (nSPS) is 14.4. The number of aliphatic hydroxyl groups excluding tert-OH is 1. The van der Waals surface area contributed by atoms with Gasteiger partial charge in [-0.1, -0.05) is 23.7 Å². The molecule has 0 saturated carbocycles. The van der Waals surface area contributed by atoms with E-state index >= 15 is 0 Å². The van der Waals surface area contributed by atoms with Gasteiger partial charge < -0.3 is 5.11 Å². The molecule has 1 aromatic rings. The Morgan fingerprint density at radius 2 is 2.22 bits per heavy atom. The molecule has 0 aromatic heterocycles. The number of nitrogens with zero attached hydrogens (tertiary/aromatic N) is 1. The van der Waals surface area contributed by atoms with Gasteiger partial charge in [-0.15, -0.1) is 0 Å². The third-order valence-corrected chi connectivity index (χ3v) is 3.38. The third kappa shape index (κ3) is 3.69. The average Bonchev–Trinajstić information content (AvgIpc) is 2.53. The lowest BCUT2D eigenvalue weighted by Crippen LogP contribution is -2.38. The number of carbonyl (C=O) groups excluding carboxylic acids is 2. The van der Waals surface area contributed by atoms with Crippen molar-refractivity contribution in [3.8, 4) is 0 Å². The molecule has 0 radical (unpaired) electrons. The lowest BCUT2D eigenvalue weighted by atomic mass is 10.1. The summed E-state index contributed by atoms with van der Waals surface area (Å²) in [6.07, 6.45) is 5.09. The summed E-state index contributed by atoms with van der Waals surface area (Å²) in [6, 6.07) is 4.44. The zero-order chi connectivity index (χ0) is 17.0. The molecule has 0 unspecified atom stereocenters. The predicted molar refractivity (Wildman–Crippen MR) is 84.1 cm³/mol. The van der Waals surface area contributed by atoms with Crippen molar-refractivity contribution >= 4 is 29.5 Å². The van der Waals surface area contributed by atoms with Gasteiger partial charge in [-0.25, -0.2) is 9.18 Å². The van der Waals surface area contributed by atoms with Gasteiger partial charge in [0.15, 0.2) is 5.76 Å². The largest absolute Gasteiger partial charge is 0.505 e. The molecule has 1 aliphatic heterocycles. The van der Waals surface area contributed by atoms with E-state index in [-0.39, 0.29) is 27.6 Å². The van der Waals surface area contributed by atoms with Crippen LogP contribution in [0.1, 0.15) is 12.5 Å². The maximum atomic E-state index is 13.7. The van der Waals surface area contributed by atoms with E-state index in [2.05, 4.69) is 5.43 Å². The molecule has 0 fully saturated rings. The topological polar surface area (TPSA) is 69.6 Å². The van der Waals surface area contributed by atoms with Crippen molar-refractivity contribution in [2.75, 3.05) is 0 Å². The smallest absolute Gasteiger partial charge is 0.262 e. The zero-order valence-corrected chi connectivity index (χ0v) is 12.8. The van der Waals surface area contributed by atoms with Crippen LogP contribution >= 0.6 is 11.6 Å². The van der Waals surface area contributed by atoms with Gasteiger partial charge in [0.2, 0.25) is 0 Å². The van der Waals surface area contributed by atoms with Crippen molar-refractivity contribution < 1.29 is 19.1 Å². The molecule has 0 bridgehead atoms. The van der Waals surface area contributed by atoms with Crippen LogP contribution in [0.15, 0.2) is 53.6 Å². The number of hydrogen-bond donors (Lipinski definition) is 2. The maximum absolute atomic E-state index is 13.7. The van der Waals surface area contributed by atoms with Crippen LogP contribution in [0.25, 0.3) is 6.08 Å². The first kappa shape index (κ1) is 16.5. The minimum Gasteiger partial charge on any atom is -0.505 e. The molecule has 23 heavy (non-hydrogen) atoms. The summed E-state index contributed by atoms with van der Waals surface area (Å²) < 4.78 is 13.7. The number of aliphatic hydroxyl groups is 1. The average molecular weight is 335 g/mol. The first-order chi connectivity index (χ1) is 10.9. The van der Waals surface area contributed by atoms with E-state index in [9.17, 15) is 19.1 Å². The molecule has 1 heterocycles. The predicted octanol–water partition coefficient (Wildman–Crippen LogP) is 2.90. The van der Waals surface area contributed by atoms with Crippen molar-refractivity contribution in [3.05, 3.63) is 70.0 Å². The second kappa shape index (κ2) is 6.96. The molecule has 5 nitrogen and oxygen atoms in total. The van der Waals surface area contributed by atoms with Crippen LogP contribution in [-0.4, -0.2) is 22.0 Å². The monoisotopic (exact) mass is 334 g/mol. The van der Waals surface area contributed by atoms with E-state index in [0.29, 0.717) is 0 Å². The first-order valence-corrected chi connectivity index (χ1v) is 6.87. The summed E-state index contributed by atoms with van der Waals surface area (Å²) in [6.45, 7) is 1.51. The van der Waals surface area contributed by atoms with Crippen LogP contribution in [0.5, 0.6) is 0 Å². The minimum absolute atomic E-state index is 0.00969. The van der Waals surface area contributed by atoms with Crippen LogP contribution in [0.2, 0.25) is 5.02 Å². The summed E-state index contributed by atoms with van der Waals surface area (Å²) in [5.74, 6) is 0.120. The summed E-state index contributed by atoms with van der Waals surface area (Å²) in [5.41, 5.74) is 2.86. The van der Waals surface area contributed by atoms with Gasteiger partial charge in [0.25, 0.3) is 5.91 Å². The number of benzene rings is 1. The van der Waals surface area contributed by atoms with Gasteiger partial charge in [0.05, 0.1) is 10.7 Å². The molecule has 0 spiro atoms.